The van der Waals surface area contributed by atoms with Crippen LogP contribution in [0.4, 0.5) is 0 Å². The zero-order valence-corrected chi connectivity index (χ0v) is 8.26. The van der Waals surface area contributed by atoms with Crippen LogP contribution in [0.3, 0.4) is 0 Å². The molecule has 0 aromatic carbocycles. The second-order valence-electron chi connectivity index (χ2n) is 4.95. The van der Waals surface area contributed by atoms with Gasteiger partial charge in [0, 0.05) is 11.1 Å². The van der Waals surface area contributed by atoms with E-state index in [0.29, 0.717) is 6.42 Å². The maximum atomic E-state index is 9.63. The van der Waals surface area contributed by atoms with Gasteiger partial charge in [0.15, 0.2) is 0 Å². The molecule has 0 aromatic rings. The van der Waals surface area contributed by atoms with E-state index < -0.39 is 17.7 Å². The molecule has 1 rings (SSSR count). The summed E-state index contributed by atoms with van der Waals surface area (Å²) >= 11 is 0. The molecule has 1 fully saturated rings. The normalized spacial score (nSPS) is 39.5. The summed E-state index contributed by atoms with van der Waals surface area (Å²) < 4.78 is 0. The van der Waals surface area contributed by atoms with E-state index >= 15 is 0 Å². The van der Waals surface area contributed by atoms with Gasteiger partial charge in [0.25, 0.3) is 0 Å². The zero-order valence-electron chi connectivity index (χ0n) is 8.26. The fraction of sp³-hybridized carbons (Fsp3) is 1.00. The van der Waals surface area contributed by atoms with E-state index in [1.54, 1.807) is 0 Å². The van der Waals surface area contributed by atoms with Crippen molar-refractivity contribution < 1.29 is 5.11 Å². The molecule has 0 aromatic heterocycles. The van der Waals surface area contributed by atoms with E-state index in [1.165, 1.54) is 0 Å². The lowest BCUT2D eigenvalue weighted by atomic mass is 9.78. The summed E-state index contributed by atoms with van der Waals surface area (Å²) in [6.07, 6.45) is -0.0806. The number of hydrogen-bond donors (Lipinski definition) is 2. The van der Waals surface area contributed by atoms with Gasteiger partial charge in [0.2, 0.25) is 0 Å². The highest BCUT2D eigenvalue weighted by molar-refractivity contribution is 5.04. The van der Waals surface area contributed by atoms with Gasteiger partial charge >= 0.3 is 0 Å². The van der Waals surface area contributed by atoms with Crippen LogP contribution in [0.2, 0.25) is 0 Å². The molecule has 0 saturated carbocycles. The number of aliphatic hydroxyl groups is 1. The van der Waals surface area contributed by atoms with E-state index in [9.17, 15) is 10.8 Å². The van der Waals surface area contributed by atoms with Crippen molar-refractivity contribution in [2.24, 2.45) is 0 Å². The Bertz CT molecular complexity index is 177. The fourth-order valence-electron chi connectivity index (χ4n) is 2.11. The van der Waals surface area contributed by atoms with Crippen molar-refractivity contribution in [3.05, 3.63) is 0 Å². The number of piperidine rings is 1. The third-order valence-corrected chi connectivity index (χ3v) is 2.48. The van der Waals surface area contributed by atoms with E-state index in [-0.39, 0.29) is 5.54 Å². The summed E-state index contributed by atoms with van der Waals surface area (Å²) in [6, 6.07) is -0.615. The Kier molecular flexibility index (Phi) is 2.23. The van der Waals surface area contributed by atoms with Crippen LogP contribution in [0.5, 0.6) is 0 Å². The lowest BCUT2D eigenvalue weighted by Gasteiger charge is -2.48. The summed E-state index contributed by atoms with van der Waals surface area (Å²) in [5, 5.41) is 12.9. The first-order chi connectivity index (χ1) is 5.25. The van der Waals surface area contributed by atoms with Crippen molar-refractivity contribution in [1.29, 1.82) is 0 Å². The second kappa shape index (κ2) is 2.69. The lowest BCUT2D eigenvalue weighted by Crippen LogP contribution is -2.67. The molecule has 0 bridgehead atoms. The Labute approximate surface area is 74.3 Å². The van der Waals surface area contributed by atoms with E-state index in [0.717, 1.165) is 0 Å². The van der Waals surface area contributed by atoms with E-state index in [4.69, 9.17) is 0 Å². The van der Waals surface area contributed by atoms with Crippen LogP contribution in [-0.2, 0) is 0 Å². The monoisotopic (exact) mass is 170 g/mol. The van der Waals surface area contributed by atoms with Crippen LogP contribution in [-0.4, -0.2) is 28.3 Å². The zero-order chi connectivity index (χ0) is 9.57. The number of nitrogens with one attached hydrogen (secondary N) is 1. The Hall–Kier alpha value is -0.120. The van der Waals surface area contributed by atoms with Crippen molar-refractivity contribution in [3.8, 4) is 0 Å². The van der Waals surface area contributed by atoms with Crippen molar-refractivity contribution in [1.82, 2.24) is 11.1 Å². The minimum atomic E-state index is -0.675. The summed E-state index contributed by atoms with van der Waals surface area (Å²) in [6.45, 7) is 7.87. The van der Waals surface area contributed by atoms with Gasteiger partial charge in [0.1, 0.15) is 0 Å². The molecule has 1 aliphatic heterocycles. The molecule has 1 heterocycles. The van der Waals surface area contributed by atoms with Gasteiger partial charge in [-0.3, -0.25) is 0 Å². The van der Waals surface area contributed by atoms with E-state index in [2.05, 4.69) is 5.32 Å². The fourth-order valence-corrected chi connectivity index (χ4v) is 2.11. The lowest BCUT2D eigenvalue weighted by molar-refractivity contribution is -0.00438. The minimum Gasteiger partial charge on any atom is -0.389 e. The average molecular weight is 170 g/mol. The Morgan fingerprint density at radius 3 is 2.25 bits per heavy atom. The molecule has 0 spiro atoms. The van der Waals surface area contributed by atoms with Crippen molar-refractivity contribution in [3.63, 3.8) is 0 Å². The van der Waals surface area contributed by atoms with Gasteiger partial charge in [-0.15, -0.1) is 5.73 Å². The molecule has 2 unspecified atom stereocenters. The highest BCUT2D eigenvalue weighted by Crippen LogP contribution is 2.28. The summed E-state index contributed by atoms with van der Waals surface area (Å²) in [5.74, 6) is 0. The van der Waals surface area contributed by atoms with Crippen molar-refractivity contribution in [2.45, 2.75) is 57.3 Å². The predicted octanol–water partition coefficient (Wildman–Crippen LogP) is 0.335. The molecule has 1 aliphatic rings. The van der Waals surface area contributed by atoms with E-state index in [1.807, 2.05) is 27.7 Å². The molecule has 0 amide bonds. The van der Waals surface area contributed by atoms with Gasteiger partial charge in [-0.25, -0.2) is 0 Å². The highest BCUT2D eigenvalue weighted by atomic mass is 16.3. The predicted molar refractivity (Wildman–Crippen MR) is 47.8 cm³/mol. The molecular weight excluding hydrogens is 152 g/mol. The van der Waals surface area contributed by atoms with Gasteiger partial charge in [-0.05, 0) is 34.1 Å². The first kappa shape index (κ1) is 9.96. The van der Waals surface area contributed by atoms with Crippen LogP contribution in [0.25, 0.3) is 0 Å². The van der Waals surface area contributed by atoms with Gasteiger partial charge in [-0.2, -0.15) is 0 Å². The van der Waals surface area contributed by atoms with Crippen LogP contribution in [0.15, 0.2) is 0 Å². The summed E-state index contributed by atoms with van der Waals surface area (Å²) in [7, 11) is 0. The number of nitrogens with zero attached hydrogens (tertiary/aromatic N) is 1. The van der Waals surface area contributed by atoms with Crippen molar-refractivity contribution in [2.75, 3.05) is 0 Å². The van der Waals surface area contributed by atoms with Crippen LogP contribution in [0, 0.1) is 0 Å². The molecule has 2 radical (unpaired) electrons. The highest BCUT2D eigenvalue weighted by Gasteiger charge is 2.44. The first-order valence-corrected chi connectivity index (χ1v) is 4.40. The molecule has 12 heavy (non-hydrogen) atoms. The molecule has 2 atom stereocenters. The van der Waals surface area contributed by atoms with Crippen LogP contribution in [0.1, 0.15) is 34.1 Å². The van der Waals surface area contributed by atoms with Gasteiger partial charge in [-0.1, -0.05) is 0 Å². The maximum absolute atomic E-state index is 9.63. The smallest absolute Gasteiger partial charge is 0.0901 e. The molecule has 0 aliphatic carbocycles. The molecule has 70 valence electrons. The van der Waals surface area contributed by atoms with Crippen LogP contribution >= 0.6 is 0 Å². The van der Waals surface area contributed by atoms with Gasteiger partial charge < -0.3 is 10.4 Å². The number of aliphatic hydroxyl groups excluding tert-OH is 1. The summed E-state index contributed by atoms with van der Waals surface area (Å²) in [4.78, 5) is 0. The quantitative estimate of drug-likeness (QED) is 0.550. The summed E-state index contributed by atoms with van der Waals surface area (Å²) in [5.41, 5.74) is 9.06. The first-order valence-electron chi connectivity index (χ1n) is 4.40. The Balaban J connectivity index is 2.80. The molecular formula is C9H18N2O. The Morgan fingerprint density at radius 1 is 1.33 bits per heavy atom. The average Bonchev–Trinajstić information content (AvgIpc) is 1.79. The standard InChI is InChI=1S/C9H18N2O/c1-8(2)5-6(10)7(12)9(3,4)11-8/h6-7,11-12H,5H2,1-4H3. The molecule has 3 nitrogen and oxygen atoms in total. The minimum absolute atomic E-state index is 0.0951. The molecule has 3 heteroatoms. The maximum Gasteiger partial charge on any atom is 0.0901 e. The Morgan fingerprint density at radius 2 is 1.83 bits per heavy atom. The molecule has 1 saturated heterocycles. The van der Waals surface area contributed by atoms with Crippen LogP contribution < -0.4 is 11.1 Å². The number of hydrogen-bond acceptors (Lipinski definition) is 2. The third kappa shape index (κ3) is 1.79. The topological polar surface area (TPSA) is 54.6 Å². The van der Waals surface area contributed by atoms with Gasteiger partial charge in [0.05, 0.1) is 12.1 Å². The molecule has 2 N–H and O–H groups in total. The second-order valence-corrected chi connectivity index (χ2v) is 4.95. The van der Waals surface area contributed by atoms with Crippen molar-refractivity contribution >= 4 is 0 Å². The SMILES string of the molecule is CC1(C)CC([N])C(O)C(C)(C)N1. The number of rotatable bonds is 0. The largest absolute Gasteiger partial charge is 0.389 e. The third-order valence-electron chi connectivity index (χ3n) is 2.48.